The molecule has 1 unspecified atom stereocenters. The Bertz CT molecular complexity index is 673. The first-order valence-electron chi connectivity index (χ1n) is 10.1. The number of benzene rings is 1. The lowest BCUT2D eigenvalue weighted by Gasteiger charge is -2.34. The van der Waals surface area contributed by atoms with Crippen LogP contribution in [0.3, 0.4) is 0 Å². The van der Waals surface area contributed by atoms with E-state index in [1.807, 2.05) is 41.0 Å². The summed E-state index contributed by atoms with van der Waals surface area (Å²) >= 11 is 0. The Morgan fingerprint density at radius 3 is 2.68 bits per heavy atom. The van der Waals surface area contributed by atoms with Gasteiger partial charge in [-0.2, -0.15) is 0 Å². The number of carbonyl (C=O) groups excluding carboxylic acids is 2. The summed E-state index contributed by atoms with van der Waals surface area (Å²) in [4.78, 5) is 28.9. The quantitative estimate of drug-likeness (QED) is 0.856. The van der Waals surface area contributed by atoms with Crippen molar-refractivity contribution in [3.05, 3.63) is 29.8 Å². The Kier molecular flexibility index (Phi) is 7.14. The van der Waals surface area contributed by atoms with Crippen molar-refractivity contribution >= 4 is 11.9 Å². The fourth-order valence-electron chi connectivity index (χ4n) is 3.84. The van der Waals surface area contributed by atoms with Crippen LogP contribution in [0.25, 0.3) is 0 Å². The van der Waals surface area contributed by atoms with Crippen molar-refractivity contribution < 1.29 is 19.1 Å². The van der Waals surface area contributed by atoms with Crippen LogP contribution in [0, 0.1) is 0 Å². The molecule has 2 heterocycles. The third-order valence-corrected chi connectivity index (χ3v) is 5.45. The van der Waals surface area contributed by atoms with E-state index in [-0.39, 0.29) is 24.1 Å². The van der Waals surface area contributed by atoms with Crippen LogP contribution >= 0.6 is 0 Å². The molecule has 7 nitrogen and oxygen atoms in total. The minimum absolute atomic E-state index is 0.0175. The molecule has 1 atom stereocenters. The van der Waals surface area contributed by atoms with E-state index in [1.165, 1.54) is 0 Å². The molecular weight excluding hydrogens is 358 g/mol. The summed E-state index contributed by atoms with van der Waals surface area (Å²) in [5, 5.41) is 3.14. The number of carbonyl (C=O) groups is 2. The van der Waals surface area contributed by atoms with E-state index in [9.17, 15) is 9.59 Å². The van der Waals surface area contributed by atoms with Gasteiger partial charge in [-0.25, -0.2) is 4.79 Å². The first-order valence-corrected chi connectivity index (χ1v) is 10.1. The van der Waals surface area contributed by atoms with Crippen molar-refractivity contribution in [2.75, 3.05) is 39.9 Å². The molecule has 0 bridgehead atoms. The summed E-state index contributed by atoms with van der Waals surface area (Å²) in [5.74, 6) is 0.849. The van der Waals surface area contributed by atoms with Gasteiger partial charge >= 0.3 is 6.03 Å². The first-order chi connectivity index (χ1) is 13.6. The Morgan fingerprint density at radius 1 is 1.18 bits per heavy atom. The second-order valence-corrected chi connectivity index (χ2v) is 7.57. The van der Waals surface area contributed by atoms with Crippen LogP contribution < -0.4 is 10.1 Å². The van der Waals surface area contributed by atoms with Gasteiger partial charge in [0.1, 0.15) is 5.75 Å². The van der Waals surface area contributed by atoms with Crippen LogP contribution in [0.2, 0.25) is 0 Å². The Labute approximate surface area is 167 Å². The number of likely N-dealkylation sites (tertiary alicyclic amines) is 1. The van der Waals surface area contributed by atoms with Gasteiger partial charge in [0, 0.05) is 44.4 Å². The lowest BCUT2D eigenvalue weighted by atomic mass is 10.0. The number of nitrogens with one attached hydrogen (secondary N) is 1. The summed E-state index contributed by atoms with van der Waals surface area (Å²) in [6, 6.07) is 7.72. The highest BCUT2D eigenvalue weighted by Gasteiger charge is 2.27. The van der Waals surface area contributed by atoms with E-state index >= 15 is 0 Å². The van der Waals surface area contributed by atoms with E-state index < -0.39 is 0 Å². The maximum Gasteiger partial charge on any atom is 0.317 e. The average Bonchev–Trinajstić information content (AvgIpc) is 2.93. The van der Waals surface area contributed by atoms with E-state index in [0.717, 1.165) is 37.1 Å². The minimum atomic E-state index is -0.0175. The highest BCUT2D eigenvalue weighted by atomic mass is 16.5. The van der Waals surface area contributed by atoms with Crippen molar-refractivity contribution in [1.29, 1.82) is 0 Å². The molecule has 0 spiro atoms. The number of para-hydroxylation sites is 1. The third-order valence-electron chi connectivity index (χ3n) is 5.45. The van der Waals surface area contributed by atoms with Crippen LogP contribution in [0.4, 0.5) is 4.79 Å². The highest BCUT2D eigenvalue weighted by Crippen LogP contribution is 2.20. The number of urea groups is 1. The van der Waals surface area contributed by atoms with Crippen molar-refractivity contribution in [2.24, 2.45) is 0 Å². The molecule has 0 saturated carbocycles. The van der Waals surface area contributed by atoms with Crippen molar-refractivity contribution in [3.8, 4) is 5.75 Å². The smallest absolute Gasteiger partial charge is 0.317 e. The zero-order chi connectivity index (χ0) is 19.9. The predicted molar refractivity (Wildman–Crippen MR) is 106 cm³/mol. The summed E-state index contributed by atoms with van der Waals surface area (Å²) in [7, 11) is 1.62. The summed E-state index contributed by atoms with van der Waals surface area (Å²) in [6.07, 6.45) is 2.84. The number of amides is 3. The Morgan fingerprint density at radius 2 is 1.93 bits per heavy atom. The lowest BCUT2D eigenvalue weighted by molar-refractivity contribution is -0.131. The summed E-state index contributed by atoms with van der Waals surface area (Å²) < 4.78 is 10.9. The van der Waals surface area contributed by atoms with Gasteiger partial charge in [0.05, 0.1) is 19.6 Å². The minimum Gasteiger partial charge on any atom is -0.496 e. The molecule has 7 heteroatoms. The maximum absolute atomic E-state index is 12.6. The zero-order valence-corrected chi connectivity index (χ0v) is 16.9. The molecule has 2 aliphatic heterocycles. The predicted octanol–water partition coefficient (Wildman–Crippen LogP) is 2.05. The molecule has 0 aromatic heterocycles. The molecule has 3 rings (SSSR count). The van der Waals surface area contributed by atoms with Gasteiger partial charge in [-0.3, -0.25) is 4.79 Å². The van der Waals surface area contributed by atoms with Crippen LogP contribution in [-0.4, -0.2) is 73.8 Å². The lowest BCUT2D eigenvalue weighted by Crippen LogP contribution is -2.51. The van der Waals surface area contributed by atoms with Gasteiger partial charge in [-0.1, -0.05) is 18.2 Å². The molecule has 1 aromatic carbocycles. The number of hydrogen-bond donors (Lipinski definition) is 1. The van der Waals surface area contributed by atoms with Crippen LogP contribution in [0.1, 0.15) is 31.7 Å². The van der Waals surface area contributed by atoms with Crippen LogP contribution in [-0.2, 0) is 16.0 Å². The number of methoxy groups -OCH3 is 1. The molecule has 2 fully saturated rings. The molecule has 2 aliphatic rings. The van der Waals surface area contributed by atoms with Crippen molar-refractivity contribution in [3.63, 3.8) is 0 Å². The number of piperidine rings is 1. The van der Waals surface area contributed by atoms with Crippen LogP contribution in [0.5, 0.6) is 5.75 Å². The summed E-state index contributed by atoms with van der Waals surface area (Å²) in [5.41, 5.74) is 0.905. The van der Waals surface area contributed by atoms with Crippen LogP contribution in [0.15, 0.2) is 24.3 Å². The van der Waals surface area contributed by atoms with Crippen molar-refractivity contribution in [2.45, 2.75) is 44.8 Å². The number of ether oxygens (including phenoxy) is 2. The highest BCUT2D eigenvalue weighted by molar-refractivity contribution is 5.79. The monoisotopic (exact) mass is 389 g/mol. The number of hydrogen-bond acceptors (Lipinski definition) is 4. The van der Waals surface area contributed by atoms with Gasteiger partial charge in [0.25, 0.3) is 0 Å². The molecule has 28 heavy (non-hydrogen) atoms. The third kappa shape index (κ3) is 5.38. The molecule has 3 amide bonds. The Hall–Kier alpha value is -2.28. The molecule has 0 aliphatic carbocycles. The second kappa shape index (κ2) is 9.78. The molecule has 1 N–H and O–H groups in total. The fourth-order valence-corrected chi connectivity index (χ4v) is 3.84. The molecule has 2 saturated heterocycles. The molecule has 0 radical (unpaired) electrons. The number of nitrogens with zero attached hydrogens (tertiary/aromatic N) is 2. The Balaban J connectivity index is 1.46. The topological polar surface area (TPSA) is 71.1 Å². The van der Waals surface area contributed by atoms with Gasteiger partial charge in [0.15, 0.2) is 0 Å². The fraction of sp³-hybridized carbons (Fsp3) is 0.619. The molecule has 154 valence electrons. The van der Waals surface area contributed by atoms with Gasteiger partial charge in [-0.05, 0) is 32.3 Å². The SMILES string of the molecule is COc1ccccc1CC(=O)N1CCC(NC(=O)N2CCCOC(C)C2)CC1. The summed E-state index contributed by atoms with van der Waals surface area (Å²) in [6.45, 7) is 5.39. The van der Waals surface area contributed by atoms with E-state index in [1.54, 1.807) is 7.11 Å². The van der Waals surface area contributed by atoms with E-state index in [2.05, 4.69) is 5.32 Å². The van der Waals surface area contributed by atoms with E-state index in [0.29, 0.717) is 32.7 Å². The molecule has 1 aromatic rings. The first kappa shape index (κ1) is 20.5. The zero-order valence-electron chi connectivity index (χ0n) is 16.9. The normalized spacial score (nSPS) is 21.1. The average molecular weight is 389 g/mol. The maximum atomic E-state index is 12.6. The van der Waals surface area contributed by atoms with Crippen molar-refractivity contribution in [1.82, 2.24) is 15.1 Å². The van der Waals surface area contributed by atoms with Gasteiger partial charge in [-0.15, -0.1) is 0 Å². The molecular formula is C21H31N3O4. The van der Waals surface area contributed by atoms with Gasteiger partial charge < -0.3 is 24.6 Å². The number of rotatable bonds is 4. The largest absolute Gasteiger partial charge is 0.496 e. The second-order valence-electron chi connectivity index (χ2n) is 7.57. The van der Waals surface area contributed by atoms with E-state index in [4.69, 9.17) is 9.47 Å². The standard InChI is InChI=1S/C21H31N3O4/c1-16-15-24(10-5-13-28-16)21(26)22-18-8-11-23(12-9-18)20(25)14-17-6-3-4-7-19(17)27-2/h3-4,6-7,16,18H,5,8-15H2,1-2H3,(H,22,26). The van der Waals surface area contributed by atoms with Gasteiger partial charge in [0.2, 0.25) is 5.91 Å².